The number of fused-ring (bicyclic) bond motifs is 1. The summed E-state index contributed by atoms with van der Waals surface area (Å²) in [7, 11) is 0. The zero-order valence-electron chi connectivity index (χ0n) is 13.4. The smallest absolute Gasteiger partial charge is 0.134 e. The fourth-order valence-electron chi connectivity index (χ4n) is 2.53. The highest BCUT2D eigenvalue weighted by Crippen LogP contribution is 2.27. The Morgan fingerprint density at radius 3 is 2.91 bits per heavy atom. The number of aliphatic hydroxyl groups is 1. The summed E-state index contributed by atoms with van der Waals surface area (Å²) in [6.07, 6.45) is 4.42. The van der Waals surface area contributed by atoms with Crippen LogP contribution in [0.4, 0.5) is 17.5 Å². The Balaban J connectivity index is 1.93. The van der Waals surface area contributed by atoms with Crippen LogP contribution in [-0.2, 0) is 19.6 Å². The quantitative estimate of drug-likeness (QED) is 0.791. The van der Waals surface area contributed by atoms with Crippen molar-refractivity contribution in [3.8, 4) is 0 Å². The van der Waals surface area contributed by atoms with Gasteiger partial charge < -0.3 is 15.7 Å². The molecule has 3 rings (SSSR count). The van der Waals surface area contributed by atoms with E-state index in [1.54, 1.807) is 12.3 Å². The molecular formula is C17H21N5O. The lowest BCUT2D eigenvalue weighted by atomic mass is 10.0. The Morgan fingerprint density at radius 2 is 2.13 bits per heavy atom. The fraction of sp³-hybridized carbons (Fsp3) is 0.353. The standard InChI is InChI=1S/C17H21N5O/c1-11(2)20-17-14-9-18-5-4-13(14)8-16(22-17)21-15-7-12(10-23)3-6-19-15/h3,5-8,11,23H,4,9-10H2,1-2H3,(H2,19,20,21,22). The van der Waals surface area contributed by atoms with Crippen LogP contribution in [-0.4, -0.2) is 27.3 Å². The zero-order valence-corrected chi connectivity index (χ0v) is 13.4. The molecule has 0 amide bonds. The second-order valence-electron chi connectivity index (χ2n) is 5.85. The highest BCUT2D eigenvalue weighted by atomic mass is 16.3. The fourth-order valence-corrected chi connectivity index (χ4v) is 2.53. The summed E-state index contributed by atoms with van der Waals surface area (Å²) in [5.41, 5.74) is 3.19. The zero-order chi connectivity index (χ0) is 16.2. The van der Waals surface area contributed by atoms with Gasteiger partial charge in [0.1, 0.15) is 17.5 Å². The molecule has 0 aliphatic carbocycles. The molecule has 2 aromatic rings. The van der Waals surface area contributed by atoms with Crippen LogP contribution in [0.15, 0.2) is 29.4 Å². The van der Waals surface area contributed by atoms with Gasteiger partial charge in [0, 0.05) is 30.4 Å². The molecule has 6 nitrogen and oxygen atoms in total. The lowest BCUT2D eigenvalue weighted by Gasteiger charge is -2.19. The molecule has 0 atom stereocenters. The normalized spacial score (nSPS) is 13.0. The molecule has 0 bridgehead atoms. The molecule has 0 saturated carbocycles. The Kier molecular flexibility index (Phi) is 4.52. The molecule has 0 aromatic carbocycles. The third-order valence-electron chi connectivity index (χ3n) is 3.59. The first-order chi connectivity index (χ1) is 11.2. The van der Waals surface area contributed by atoms with E-state index < -0.39 is 0 Å². The highest BCUT2D eigenvalue weighted by molar-refractivity contribution is 5.70. The van der Waals surface area contributed by atoms with Crippen molar-refractivity contribution in [1.29, 1.82) is 0 Å². The molecule has 1 aliphatic heterocycles. The molecule has 0 radical (unpaired) electrons. The summed E-state index contributed by atoms with van der Waals surface area (Å²) < 4.78 is 0. The maximum absolute atomic E-state index is 9.23. The van der Waals surface area contributed by atoms with Crippen molar-refractivity contribution in [2.24, 2.45) is 4.99 Å². The van der Waals surface area contributed by atoms with E-state index in [1.807, 2.05) is 18.3 Å². The lowest BCUT2D eigenvalue weighted by molar-refractivity contribution is 0.282. The van der Waals surface area contributed by atoms with Crippen molar-refractivity contribution < 1.29 is 5.11 Å². The maximum Gasteiger partial charge on any atom is 0.134 e. The first-order valence-corrected chi connectivity index (χ1v) is 7.76. The topological polar surface area (TPSA) is 82.4 Å². The van der Waals surface area contributed by atoms with Gasteiger partial charge in [-0.2, -0.15) is 0 Å². The van der Waals surface area contributed by atoms with Gasteiger partial charge in [-0.05, 0) is 43.2 Å². The van der Waals surface area contributed by atoms with E-state index in [0.717, 1.165) is 29.2 Å². The van der Waals surface area contributed by atoms with Gasteiger partial charge in [-0.1, -0.05) is 0 Å². The first-order valence-electron chi connectivity index (χ1n) is 7.76. The van der Waals surface area contributed by atoms with Crippen LogP contribution in [0.2, 0.25) is 0 Å². The van der Waals surface area contributed by atoms with Crippen LogP contribution < -0.4 is 10.6 Å². The molecule has 2 aromatic heterocycles. The second-order valence-corrected chi connectivity index (χ2v) is 5.85. The summed E-state index contributed by atoms with van der Waals surface area (Å²) in [6.45, 7) is 4.83. The van der Waals surface area contributed by atoms with Crippen molar-refractivity contribution >= 4 is 23.7 Å². The maximum atomic E-state index is 9.23. The van der Waals surface area contributed by atoms with Gasteiger partial charge in [-0.15, -0.1) is 0 Å². The van der Waals surface area contributed by atoms with Crippen molar-refractivity contribution in [2.75, 3.05) is 10.6 Å². The minimum Gasteiger partial charge on any atom is -0.392 e. The van der Waals surface area contributed by atoms with Crippen LogP contribution in [0, 0.1) is 0 Å². The number of nitrogens with zero attached hydrogens (tertiary/aromatic N) is 3. The monoisotopic (exact) mass is 311 g/mol. The molecule has 3 heterocycles. The second kappa shape index (κ2) is 6.75. The number of nitrogens with one attached hydrogen (secondary N) is 2. The molecule has 0 fully saturated rings. The average Bonchev–Trinajstić information content (AvgIpc) is 2.54. The molecule has 0 spiro atoms. The van der Waals surface area contributed by atoms with Gasteiger partial charge in [0.2, 0.25) is 0 Å². The molecule has 23 heavy (non-hydrogen) atoms. The van der Waals surface area contributed by atoms with Gasteiger partial charge in [-0.25, -0.2) is 9.97 Å². The minimum atomic E-state index is -0.00850. The largest absolute Gasteiger partial charge is 0.392 e. The van der Waals surface area contributed by atoms with E-state index in [1.165, 1.54) is 5.56 Å². The number of aliphatic imine (C=N–C) groups is 1. The van der Waals surface area contributed by atoms with Gasteiger partial charge in [0.05, 0.1) is 13.2 Å². The van der Waals surface area contributed by atoms with Crippen LogP contribution in [0.25, 0.3) is 0 Å². The Morgan fingerprint density at radius 1 is 1.26 bits per heavy atom. The summed E-state index contributed by atoms with van der Waals surface area (Å²) in [5.74, 6) is 2.28. The van der Waals surface area contributed by atoms with Crippen molar-refractivity contribution in [3.05, 3.63) is 41.1 Å². The van der Waals surface area contributed by atoms with Crippen LogP contribution in [0.3, 0.4) is 0 Å². The van der Waals surface area contributed by atoms with Crippen LogP contribution >= 0.6 is 0 Å². The molecule has 3 N–H and O–H groups in total. The van der Waals surface area contributed by atoms with E-state index in [4.69, 9.17) is 0 Å². The third kappa shape index (κ3) is 3.65. The van der Waals surface area contributed by atoms with Crippen LogP contribution in [0.1, 0.15) is 30.5 Å². The van der Waals surface area contributed by atoms with E-state index in [0.29, 0.717) is 18.4 Å². The third-order valence-corrected chi connectivity index (χ3v) is 3.59. The number of rotatable bonds is 5. The number of hydrogen-bond acceptors (Lipinski definition) is 6. The molecular weight excluding hydrogens is 290 g/mol. The van der Waals surface area contributed by atoms with E-state index in [-0.39, 0.29) is 6.61 Å². The first kappa shape index (κ1) is 15.4. The van der Waals surface area contributed by atoms with Crippen LogP contribution in [0.5, 0.6) is 0 Å². The molecule has 1 aliphatic rings. The van der Waals surface area contributed by atoms with E-state index >= 15 is 0 Å². The number of aromatic nitrogens is 2. The lowest BCUT2D eigenvalue weighted by Crippen LogP contribution is -2.16. The van der Waals surface area contributed by atoms with Gasteiger partial charge >= 0.3 is 0 Å². The predicted octanol–water partition coefficient (Wildman–Crippen LogP) is 2.66. The average molecular weight is 311 g/mol. The highest BCUT2D eigenvalue weighted by Gasteiger charge is 2.15. The van der Waals surface area contributed by atoms with Gasteiger partial charge in [0.15, 0.2) is 0 Å². The predicted molar refractivity (Wildman–Crippen MR) is 92.3 cm³/mol. The van der Waals surface area contributed by atoms with E-state index in [2.05, 4.69) is 39.4 Å². The Bertz CT molecular complexity index is 727. The summed E-state index contributed by atoms with van der Waals surface area (Å²) >= 11 is 0. The van der Waals surface area contributed by atoms with Crippen molar-refractivity contribution in [3.63, 3.8) is 0 Å². The minimum absolute atomic E-state index is 0.00850. The Labute approximate surface area is 135 Å². The van der Waals surface area contributed by atoms with Crippen molar-refractivity contribution in [1.82, 2.24) is 9.97 Å². The van der Waals surface area contributed by atoms with Crippen molar-refractivity contribution in [2.45, 2.75) is 39.5 Å². The summed E-state index contributed by atoms with van der Waals surface area (Å²) in [4.78, 5) is 13.3. The molecule has 0 unspecified atom stereocenters. The summed E-state index contributed by atoms with van der Waals surface area (Å²) in [6, 6.07) is 5.94. The SMILES string of the molecule is CC(C)Nc1nc(Nc2cc(CO)ccn2)cc2c1CN=CC2. The number of pyridine rings is 2. The molecule has 120 valence electrons. The number of aliphatic hydroxyl groups excluding tert-OH is 1. The number of hydrogen-bond donors (Lipinski definition) is 3. The number of anilines is 3. The molecule has 6 heteroatoms. The molecule has 0 saturated heterocycles. The summed E-state index contributed by atoms with van der Waals surface area (Å²) in [5, 5.41) is 15.9. The van der Waals surface area contributed by atoms with Gasteiger partial charge in [0.25, 0.3) is 0 Å². The van der Waals surface area contributed by atoms with Gasteiger partial charge in [-0.3, -0.25) is 4.99 Å². The Hall–Kier alpha value is -2.47. The van der Waals surface area contributed by atoms with E-state index in [9.17, 15) is 5.11 Å².